The Kier molecular flexibility index (Phi) is 5.25. The average Bonchev–Trinajstić information content (AvgIpc) is 3.10. The van der Waals surface area contributed by atoms with E-state index in [-0.39, 0.29) is 23.9 Å². The summed E-state index contributed by atoms with van der Waals surface area (Å²) in [5, 5.41) is 7.70. The molecule has 0 aliphatic carbocycles. The van der Waals surface area contributed by atoms with Gasteiger partial charge in [-0.15, -0.1) is 5.10 Å². The molecule has 0 atom stereocenters. The van der Waals surface area contributed by atoms with Crippen molar-refractivity contribution in [2.45, 2.75) is 19.6 Å². The zero-order valence-electron chi connectivity index (χ0n) is 13.0. The van der Waals surface area contributed by atoms with Crippen LogP contribution in [-0.2, 0) is 6.61 Å². The first-order valence-corrected chi connectivity index (χ1v) is 7.20. The van der Waals surface area contributed by atoms with Crippen molar-refractivity contribution in [1.82, 2.24) is 25.0 Å². The quantitative estimate of drug-likeness (QED) is 0.596. The number of halogens is 4. The van der Waals surface area contributed by atoms with Gasteiger partial charge in [0.1, 0.15) is 12.3 Å². The molecule has 0 unspecified atom stereocenters. The fourth-order valence-electron chi connectivity index (χ4n) is 1.97. The Morgan fingerprint density at radius 2 is 1.85 bits per heavy atom. The molecule has 0 saturated heterocycles. The van der Waals surface area contributed by atoms with Crippen LogP contribution in [0.5, 0.6) is 11.8 Å². The van der Waals surface area contributed by atoms with Gasteiger partial charge in [-0.05, 0) is 12.1 Å². The normalized spacial score (nSPS) is 11.2. The van der Waals surface area contributed by atoms with Crippen molar-refractivity contribution in [2.24, 2.45) is 0 Å². The number of benzene rings is 1. The number of hydrogen-bond donors (Lipinski definition) is 0. The highest BCUT2D eigenvalue weighted by molar-refractivity contribution is 5.35. The van der Waals surface area contributed by atoms with Gasteiger partial charge in [-0.3, -0.25) is 0 Å². The number of hydrogen-bond acceptors (Lipinski definition) is 6. The molecule has 2 aromatic heterocycles. The molecule has 1 aromatic carbocycles. The van der Waals surface area contributed by atoms with Crippen molar-refractivity contribution in [3.63, 3.8) is 0 Å². The van der Waals surface area contributed by atoms with E-state index in [0.29, 0.717) is 11.4 Å². The van der Waals surface area contributed by atoms with Gasteiger partial charge in [0.25, 0.3) is 6.43 Å². The fraction of sp³-hybridized carbons (Fsp3) is 0.200. The molecule has 0 aliphatic heterocycles. The molecule has 0 fully saturated rings. The Morgan fingerprint density at radius 3 is 2.54 bits per heavy atom. The summed E-state index contributed by atoms with van der Waals surface area (Å²) in [6, 6.07) is 5.64. The molecule has 11 heteroatoms. The second-order valence-corrected chi connectivity index (χ2v) is 4.92. The lowest BCUT2D eigenvalue weighted by Crippen LogP contribution is -2.04. The first-order chi connectivity index (χ1) is 12.5. The molecular formula is C15H11F4N5O2. The minimum absolute atomic E-state index is 0.0520. The maximum Gasteiger partial charge on any atom is 0.387 e. The monoisotopic (exact) mass is 369 g/mol. The van der Waals surface area contributed by atoms with E-state index in [2.05, 4.69) is 25.0 Å². The van der Waals surface area contributed by atoms with Crippen LogP contribution in [0.1, 0.15) is 17.7 Å². The Balaban J connectivity index is 1.63. The van der Waals surface area contributed by atoms with Crippen molar-refractivity contribution in [3.8, 4) is 17.4 Å². The predicted molar refractivity (Wildman–Crippen MR) is 79.3 cm³/mol. The SMILES string of the molecule is FC(F)Oc1cnc(OCc2cn(-c3cccc(C(F)F)c3)nn2)nc1. The van der Waals surface area contributed by atoms with Crippen LogP contribution in [0.3, 0.4) is 0 Å². The van der Waals surface area contributed by atoms with E-state index in [9.17, 15) is 17.6 Å². The summed E-state index contributed by atoms with van der Waals surface area (Å²) in [6.07, 6.45) is 0.997. The van der Waals surface area contributed by atoms with Crippen LogP contribution in [0.25, 0.3) is 5.69 Å². The second-order valence-electron chi connectivity index (χ2n) is 4.92. The summed E-state index contributed by atoms with van der Waals surface area (Å²) >= 11 is 0. The molecule has 0 amide bonds. The van der Waals surface area contributed by atoms with Gasteiger partial charge >= 0.3 is 12.6 Å². The van der Waals surface area contributed by atoms with Gasteiger partial charge in [0.05, 0.1) is 24.3 Å². The van der Waals surface area contributed by atoms with Crippen molar-refractivity contribution >= 4 is 0 Å². The van der Waals surface area contributed by atoms with E-state index >= 15 is 0 Å². The van der Waals surface area contributed by atoms with Crippen LogP contribution < -0.4 is 9.47 Å². The van der Waals surface area contributed by atoms with Gasteiger partial charge < -0.3 is 9.47 Å². The molecule has 26 heavy (non-hydrogen) atoms. The van der Waals surface area contributed by atoms with Crippen LogP contribution in [0.15, 0.2) is 42.9 Å². The molecule has 136 valence electrons. The third kappa shape index (κ3) is 4.43. The van der Waals surface area contributed by atoms with Crippen molar-refractivity contribution in [3.05, 3.63) is 54.1 Å². The molecule has 3 aromatic rings. The second kappa shape index (κ2) is 7.76. The summed E-state index contributed by atoms with van der Waals surface area (Å²) in [5.74, 6) is -0.197. The van der Waals surface area contributed by atoms with Crippen LogP contribution in [0.2, 0.25) is 0 Å². The molecule has 2 heterocycles. The Morgan fingerprint density at radius 1 is 1.08 bits per heavy atom. The average molecular weight is 369 g/mol. The third-order valence-electron chi connectivity index (χ3n) is 3.11. The third-order valence-corrected chi connectivity index (χ3v) is 3.11. The molecular weight excluding hydrogens is 358 g/mol. The van der Waals surface area contributed by atoms with E-state index in [1.165, 1.54) is 29.1 Å². The summed E-state index contributed by atoms with van der Waals surface area (Å²) in [4.78, 5) is 7.43. The minimum atomic E-state index is -2.97. The van der Waals surface area contributed by atoms with Crippen molar-refractivity contribution in [2.75, 3.05) is 0 Å². The highest BCUT2D eigenvalue weighted by atomic mass is 19.3. The molecule has 0 saturated carbocycles. The van der Waals surface area contributed by atoms with Crippen LogP contribution in [-0.4, -0.2) is 31.6 Å². The van der Waals surface area contributed by atoms with E-state index in [0.717, 1.165) is 12.4 Å². The number of nitrogens with zero attached hydrogens (tertiary/aromatic N) is 5. The highest BCUT2D eigenvalue weighted by Crippen LogP contribution is 2.21. The van der Waals surface area contributed by atoms with Crippen LogP contribution in [0.4, 0.5) is 17.6 Å². The lowest BCUT2D eigenvalue weighted by molar-refractivity contribution is -0.0504. The summed E-state index contributed by atoms with van der Waals surface area (Å²) < 4.78 is 60.3. The molecule has 0 aliphatic rings. The van der Waals surface area contributed by atoms with Crippen molar-refractivity contribution in [1.29, 1.82) is 0 Å². The van der Waals surface area contributed by atoms with E-state index in [4.69, 9.17) is 4.74 Å². The number of ether oxygens (including phenoxy) is 2. The molecule has 0 spiro atoms. The van der Waals surface area contributed by atoms with Gasteiger partial charge in [0.2, 0.25) is 0 Å². The Labute approximate surface area is 144 Å². The lowest BCUT2D eigenvalue weighted by Gasteiger charge is -2.05. The zero-order chi connectivity index (χ0) is 18.5. The highest BCUT2D eigenvalue weighted by Gasteiger charge is 2.10. The first-order valence-electron chi connectivity index (χ1n) is 7.20. The molecule has 0 radical (unpaired) electrons. The van der Waals surface area contributed by atoms with Gasteiger partial charge in [-0.2, -0.15) is 18.7 Å². The van der Waals surface area contributed by atoms with Crippen molar-refractivity contribution < 1.29 is 27.0 Å². The molecule has 3 rings (SSSR count). The topological polar surface area (TPSA) is 75.0 Å². The molecule has 0 bridgehead atoms. The fourth-order valence-corrected chi connectivity index (χ4v) is 1.97. The summed E-state index contributed by atoms with van der Waals surface area (Å²) in [6.45, 7) is -3.02. The zero-order valence-corrected chi connectivity index (χ0v) is 13.0. The number of alkyl halides is 4. The van der Waals surface area contributed by atoms with Gasteiger partial charge in [0, 0.05) is 5.56 Å². The molecule has 0 N–H and O–H groups in total. The maximum absolute atomic E-state index is 12.7. The largest absolute Gasteiger partial charge is 0.457 e. The number of aromatic nitrogens is 5. The Hall–Kier alpha value is -3.24. The Bertz CT molecular complexity index is 857. The molecule has 7 nitrogen and oxygen atoms in total. The van der Waals surface area contributed by atoms with Gasteiger partial charge in [-0.1, -0.05) is 17.3 Å². The summed E-state index contributed by atoms with van der Waals surface area (Å²) in [7, 11) is 0. The predicted octanol–water partition coefficient (Wildman–Crippen LogP) is 3.18. The first kappa shape index (κ1) is 17.6. The van der Waals surface area contributed by atoms with E-state index in [1.54, 1.807) is 6.07 Å². The van der Waals surface area contributed by atoms with E-state index < -0.39 is 13.0 Å². The minimum Gasteiger partial charge on any atom is -0.457 e. The standard InChI is InChI=1S/C15H11F4N5O2/c16-13(17)9-2-1-3-11(4-9)24-7-10(22-23-24)8-25-15-20-5-12(6-21-15)26-14(18)19/h1-7,13-14H,8H2. The van der Waals surface area contributed by atoms with Gasteiger partial charge in [-0.25, -0.2) is 13.5 Å². The lowest BCUT2D eigenvalue weighted by atomic mass is 10.2. The number of rotatable bonds is 7. The van der Waals surface area contributed by atoms with Gasteiger partial charge in [0.15, 0.2) is 5.75 Å². The smallest absolute Gasteiger partial charge is 0.387 e. The maximum atomic E-state index is 12.7. The van der Waals surface area contributed by atoms with Crippen LogP contribution >= 0.6 is 0 Å². The van der Waals surface area contributed by atoms with Crippen LogP contribution in [0, 0.1) is 0 Å². The summed E-state index contributed by atoms with van der Waals surface area (Å²) in [5.41, 5.74) is 0.686. The van der Waals surface area contributed by atoms with E-state index in [1.807, 2.05) is 0 Å².